The van der Waals surface area contributed by atoms with Crippen molar-refractivity contribution in [1.82, 2.24) is 4.90 Å². The standard InChI is InChI=1S/C16H25N3O2/c1-3-19-9-5-6-13(19)11-18-15-10-12(7-8-14(15)17)16(20)21-4-2/h7-8,10,13,18H,3-6,9,11,17H2,1-2H3. The van der Waals surface area contributed by atoms with Crippen LogP contribution < -0.4 is 11.1 Å². The molecule has 0 saturated carbocycles. The summed E-state index contributed by atoms with van der Waals surface area (Å²) in [6.45, 7) is 7.46. The van der Waals surface area contributed by atoms with Gasteiger partial charge < -0.3 is 15.8 Å². The molecule has 2 rings (SSSR count). The summed E-state index contributed by atoms with van der Waals surface area (Å²) in [4.78, 5) is 14.2. The van der Waals surface area contributed by atoms with Gasteiger partial charge >= 0.3 is 5.97 Å². The highest BCUT2D eigenvalue weighted by Crippen LogP contribution is 2.23. The number of nitrogens with two attached hydrogens (primary N) is 1. The third kappa shape index (κ3) is 3.88. The zero-order chi connectivity index (χ0) is 15.2. The monoisotopic (exact) mass is 291 g/mol. The minimum Gasteiger partial charge on any atom is -0.462 e. The first-order chi connectivity index (χ1) is 10.2. The Labute approximate surface area is 126 Å². The third-order valence-corrected chi connectivity index (χ3v) is 4.00. The van der Waals surface area contributed by atoms with Gasteiger partial charge in [0.2, 0.25) is 0 Å². The summed E-state index contributed by atoms with van der Waals surface area (Å²) in [6.07, 6.45) is 2.46. The molecule has 1 aliphatic heterocycles. The lowest BCUT2D eigenvalue weighted by Crippen LogP contribution is -2.34. The molecule has 5 heteroatoms. The molecule has 1 atom stereocenters. The van der Waals surface area contributed by atoms with Crippen molar-refractivity contribution in [2.24, 2.45) is 0 Å². The van der Waals surface area contributed by atoms with E-state index in [4.69, 9.17) is 10.5 Å². The van der Waals surface area contributed by atoms with Crippen LogP contribution in [0.25, 0.3) is 0 Å². The first-order valence-electron chi connectivity index (χ1n) is 7.70. The molecule has 0 spiro atoms. The van der Waals surface area contributed by atoms with Gasteiger partial charge in [-0.1, -0.05) is 6.92 Å². The van der Waals surface area contributed by atoms with Crippen molar-refractivity contribution in [1.29, 1.82) is 0 Å². The fourth-order valence-electron chi connectivity index (χ4n) is 2.82. The highest BCUT2D eigenvalue weighted by Gasteiger charge is 2.22. The molecule has 0 aliphatic carbocycles. The Morgan fingerprint density at radius 3 is 3.00 bits per heavy atom. The zero-order valence-electron chi connectivity index (χ0n) is 12.9. The van der Waals surface area contributed by atoms with Crippen LogP contribution in [0.5, 0.6) is 0 Å². The van der Waals surface area contributed by atoms with Crippen molar-refractivity contribution in [2.45, 2.75) is 32.7 Å². The molecule has 1 aliphatic rings. The Hall–Kier alpha value is -1.75. The van der Waals surface area contributed by atoms with E-state index in [-0.39, 0.29) is 5.97 Å². The number of hydrogen-bond donors (Lipinski definition) is 2. The average Bonchev–Trinajstić information content (AvgIpc) is 2.94. The second-order valence-corrected chi connectivity index (χ2v) is 5.33. The molecule has 1 saturated heterocycles. The van der Waals surface area contributed by atoms with Crippen LogP contribution in [0.15, 0.2) is 18.2 Å². The number of nitrogens with zero attached hydrogens (tertiary/aromatic N) is 1. The number of likely N-dealkylation sites (N-methyl/N-ethyl adjacent to an activating group) is 1. The Bertz CT molecular complexity index is 490. The number of nitrogens with one attached hydrogen (secondary N) is 1. The summed E-state index contributed by atoms with van der Waals surface area (Å²) in [6, 6.07) is 5.77. The lowest BCUT2D eigenvalue weighted by Gasteiger charge is -2.23. The van der Waals surface area contributed by atoms with Gasteiger partial charge in [-0.25, -0.2) is 4.79 Å². The zero-order valence-corrected chi connectivity index (χ0v) is 12.9. The number of likely N-dealkylation sites (tertiary alicyclic amines) is 1. The normalized spacial score (nSPS) is 18.7. The van der Waals surface area contributed by atoms with Crippen molar-refractivity contribution in [3.05, 3.63) is 23.8 Å². The number of benzene rings is 1. The first-order valence-corrected chi connectivity index (χ1v) is 7.70. The van der Waals surface area contributed by atoms with E-state index in [1.807, 2.05) is 0 Å². The topological polar surface area (TPSA) is 67.6 Å². The van der Waals surface area contributed by atoms with Gasteiger partial charge in [-0.15, -0.1) is 0 Å². The van der Waals surface area contributed by atoms with Gasteiger partial charge in [0.15, 0.2) is 0 Å². The molecule has 116 valence electrons. The number of carbonyl (C=O) groups is 1. The predicted molar refractivity (Wildman–Crippen MR) is 85.6 cm³/mol. The summed E-state index contributed by atoms with van der Waals surface area (Å²) in [7, 11) is 0. The van der Waals surface area contributed by atoms with Gasteiger partial charge in [0, 0.05) is 12.6 Å². The maximum Gasteiger partial charge on any atom is 0.338 e. The molecular weight excluding hydrogens is 266 g/mol. The van der Waals surface area contributed by atoms with Crippen LogP contribution in [-0.2, 0) is 4.74 Å². The van der Waals surface area contributed by atoms with Gasteiger partial charge in [0.25, 0.3) is 0 Å². The smallest absolute Gasteiger partial charge is 0.338 e. The molecule has 1 unspecified atom stereocenters. The minimum absolute atomic E-state index is 0.309. The number of rotatable bonds is 6. The minimum atomic E-state index is -0.309. The van der Waals surface area contributed by atoms with Crippen LogP contribution >= 0.6 is 0 Å². The van der Waals surface area contributed by atoms with Gasteiger partial charge in [0.1, 0.15) is 0 Å². The number of hydrogen-bond acceptors (Lipinski definition) is 5. The summed E-state index contributed by atoms with van der Waals surface area (Å²) in [5, 5.41) is 3.38. The maximum atomic E-state index is 11.8. The third-order valence-electron chi connectivity index (χ3n) is 4.00. The van der Waals surface area contributed by atoms with Crippen molar-refractivity contribution >= 4 is 17.3 Å². The average molecular weight is 291 g/mol. The number of carbonyl (C=O) groups excluding carboxylic acids is 1. The van der Waals surface area contributed by atoms with Gasteiger partial charge in [-0.3, -0.25) is 4.90 Å². The number of nitrogen functional groups attached to an aromatic ring is 1. The van der Waals surface area contributed by atoms with E-state index in [0.717, 1.165) is 18.8 Å². The second-order valence-electron chi connectivity index (χ2n) is 5.33. The molecule has 1 heterocycles. The molecule has 1 aromatic rings. The quantitative estimate of drug-likeness (QED) is 0.622. The molecule has 0 radical (unpaired) electrons. The fourth-order valence-corrected chi connectivity index (χ4v) is 2.82. The lowest BCUT2D eigenvalue weighted by atomic mass is 10.1. The van der Waals surface area contributed by atoms with E-state index in [9.17, 15) is 4.79 Å². The summed E-state index contributed by atoms with van der Waals surface area (Å²) in [5.74, 6) is -0.309. The van der Waals surface area contributed by atoms with Crippen LogP contribution in [0.3, 0.4) is 0 Å². The first kappa shape index (κ1) is 15.6. The van der Waals surface area contributed by atoms with Crippen LogP contribution in [0.4, 0.5) is 11.4 Å². The van der Waals surface area contributed by atoms with Crippen molar-refractivity contribution < 1.29 is 9.53 Å². The second kappa shape index (κ2) is 7.31. The Morgan fingerprint density at radius 2 is 2.29 bits per heavy atom. The Morgan fingerprint density at radius 1 is 1.48 bits per heavy atom. The molecular formula is C16H25N3O2. The predicted octanol–water partition coefficient (Wildman–Crippen LogP) is 2.34. The van der Waals surface area contributed by atoms with E-state index >= 15 is 0 Å². The fraction of sp³-hybridized carbons (Fsp3) is 0.562. The van der Waals surface area contributed by atoms with Crippen LogP contribution in [-0.4, -0.2) is 43.2 Å². The van der Waals surface area contributed by atoms with Crippen LogP contribution in [0.1, 0.15) is 37.0 Å². The van der Waals surface area contributed by atoms with E-state index in [2.05, 4.69) is 17.1 Å². The number of esters is 1. The van der Waals surface area contributed by atoms with Gasteiger partial charge in [0.05, 0.1) is 23.5 Å². The highest BCUT2D eigenvalue weighted by atomic mass is 16.5. The van der Waals surface area contributed by atoms with Crippen molar-refractivity contribution in [2.75, 3.05) is 37.3 Å². The number of anilines is 2. The highest BCUT2D eigenvalue weighted by molar-refractivity contribution is 5.92. The van der Waals surface area contributed by atoms with Crippen molar-refractivity contribution in [3.63, 3.8) is 0 Å². The van der Waals surface area contributed by atoms with Crippen LogP contribution in [0, 0.1) is 0 Å². The van der Waals surface area contributed by atoms with Crippen molar-refractivity contribution in [3.8, 4) is 0 Å². The summed E-state index contributed by atoms with van der Waals surface area (Å²) in [5.41, 5.74) is 7.99. The maximum absolute atomic E-state index is 11.8. The SMILES string of the molecule is CCOC(=O)c1ccc(N)c(NCC2CCCN2CC)c1. The lowest BCUT2D eigenvalue weighted by molar-refractivity contribution is 0.0526. The van der Waals surface area contributed by atoms with E-state index in [1.165, 1.54) is 19.4 Å². The summed E-state index contributed by atoms with van der Waals surface area (Å²) < 4.78 is 5.02. The molecule has 0 aromatic heterocycles. The van der Waals surface area contributed by atoms with E-state index < -0.39 is 0 Å². The van der Waals surface area contributed by atoms with E-state index in [1.54, 1.807) is 25.1 Å². The Balaban J connectivity index is 2.02. The molecule has 0 bridgehead atoms. The van der Waals surface area contributed by atoms with Gasteiger partial charge in [-0.2, -0.15) is 0 Å². The molecule has 1 aromatic carbocycles. The number of ether oxygens (including phenoxy) is 1. The van der Waals surface area contributed by atoms with Gasteiger partial charge in [-0.05, 0) is 51.1 Å². The van der Waals surface area contributed by atoms with E-state index in [0.29, 0.717) is 23.9 Å². The largest absolute Gasteiger partial charge is 0.462 e. The van der Waals surface area contributed by atoms with Crippen LogP contribution in [0.2, 0.25) is 0 Å². The Kier molecular flexibility index (Phi) is 5.44. The summed E-state index contributed by atoms with van der Waals surface area (Å²) >= 11 is 0. The molecule has 3 N–H and O–H groups in total. The molecule has 5 nitrogen and oxygen atoms in total. The molecule has 21 heavy (non-hydrogen) atoms. The molecule has 0 amide bonds. The molecule has 1 fully saturated rings.